The zero-order valence-corrected chi connectivity index (χ0v) is 11.9. The molecule has 6 heteroatoms. The molecule has 1 amide bonds. The van der Waals surface area contributed by atoms with Crippen LogP contribution >= 0.6 is 0 Å². The van der Waals surface area contributed by atoms with Crippen molar-refractivity contribution < 1.29 is 4.79 Å². The Morgan fingerprint density at radius 3 is 3.05 bits per heavy atom. The predicted molar refractivity (Wildman–Crippen MR) is 79.6 cm³/mol. The van der Waals surface area contributed by atoms with E-state index in [0.29, 0.717) is 17.8 Å². The number of carbonyl (C=O) groups excluding carboxylic acids is 1. The van der Waals surface area contributed by atoms with Crippen LogP contribution < -0.4 is 11.1 Å². The van der Waals surface area contributed by atoms with E-state index in [1.165, 1.54) is 6.42 Å². The molecule has 2 aromatic rings. The second kappa shape index (κ2) is 5.95. The largest absolute Gasteiger partial charge is 0.399 e. The van der Waals surface area contributed by atoms with Crippen LogP contribution in [0.5, 0.6) is 0 Å². The van der Waals surface area contributed by atoms with E-state index in [1.807, 2.05) is 0 Å². The quantitative estimate of drug-likeness (QED) is 0.837. The van der Waals surface area contributed by atoms with Gasteiger partial charge in [0.2, 0.25) is 0 Å². The number of aryl methyl sites for hydroxylation is 1. The van der Waals surface area contributed by atoms with Crippen molar-refractivity contribution in [3.8, 4) is 0 Å². The van der Waals surface area contributed by atoms with Crippen LogP contribution in [0.1, 0.15) is 41.3 Å². The maximum Gasteiger partial charge on any atom is 0.251 e. The van der Waals surface area contributed by atoms with E-state index in [4.69, 9.17) is 5.73 Å². The molecule has 2 heterocycles. The molecule has 6 nitrogen and oxygen atoms in total. The fraction of sp³-hybridized carbons (Fsp3) is 0.400. The minimum atomic E-state index is -0.145. The van der Waals surface area contributed by atoms with Gasteiger partial charge < -0.3 is 15.6 Å². The second-order valence-electron chi connectivity index (χ2n) is 5.30. The lowest BCUT2D eigenvalue weighted by Crippen LogP contribution is -2.25. The summed E-state index contributed by atoms with van der Waals surface area (Å²) < 4.78 is 2.13. The molecule has 1 aliphatic heterocycles. The molecule has 0 saturated heterocycles. The van der Waals surface area contributed by atoms with Gasteiger partial charge >= 0.3 is 0 Å². The summed E-state index contributed by atoms with van der Waals surface area (Å²) in [5.41, 5.74) is 6.83. The highest BCUT2D eigenvalue weighted by molar-refractivity contribution is 5.94. The molecule has 110 valence electrons. The number of carbonyl (C=O) groups is 1. The molecule has 1 aliphatic rings. The number of benzene rings is 1. The number of anilines is 1. The average molecular weight is 285 g/mol. The first-order chi connectivity index (χ1) is 10.2. The highest BCUT2D eigenvalue weighted by Gasteiger charge is 2.15. The van der Waals surface area contributed by atoms with Gasteiger partial charge in [-0.05, 0) is 31.0 Å². The van der Waals surface area contributed by atoms with Crippen LogP contribution in [0.4, 0.5) is 5.69 Å². The van der Waals surface area contributed by atoms with Crippen LogP contribution in [0.3, 0.4) is 0 Å². The molecule has 0 bridgehead atoms. The van der Waals surface area contributed by atoms with E-state index >= 15 is 0 Å². The minimum Gasteiger partial charge on any atom is -0.399 e. The molecule has 3 N–H and O–H groups in total. The van der Waals surface area contributed by atoms with E-state index in [9.17, 15) is 4.79 Å². The van der Waals surface area contributed by atoms with Gasteiger partial charge in [0.25, 0.3) is 5.91 Å². The molecule has 0 atom stereocenters. The maximum absolute atomic E-state index is 12.1. The Kier molecular flexibility index (Phi) is 3.85. The normalized spacial score (nSPS) is 14.3. The smallest absolute Gasteiger partial charge is 0.251 e. The standard InChI is InChI=1S/C15H19N5O/c16-12-6-4-5-11(9-12)15(21)17-10-14-19-18-13-7-2-1-3-8-20(13)14/h4-6,9H,1-3,7-8,10,16H2,(H,17,21). The fourth-order valence-corrected chi connectivity index (χ4v) is 2.62. The Labute approximate surface area is 123 Å². The highest BCUT2D eigenvalue weighted by Crippen LogP contribution is 2.14. The molecule has 1 aromatic carbocycles. The second-order valence-corrected chi connectivity index (χ2v) is 5.30. The van der Waals surface area contributed by atoms with E-state index in [-0.39, 0.29) is 5.91 Å². The summed E-state index contributed by atoms with van der Waals surface area (Å²) in [6.07, 6.45) is 4.49. The molecule has 3 rings (SSSR count). The third kappa shape index (κ3) is 3.04. The van der Waals surface area contributed by atoms with Gasteiger partial charge in [0.1, 0.15) is 5.82 Å². The van der Waals surface area contributed by atoms with E-state index in [0.717, 1.165) is 37.5 Å². The fourth-order valence-electron chi connectivity index (χ4n) is 2.62. The molecule has 0 saturated carbocycles. The number of aromatic nitrogens is 3. The zero-order chi connectivity index (χ0) is 14.7. The van der Waals surface area contributed by atoms with Crippen molar-refractivity contribution in [1.82, 2.24) is 20.1 Å². The Balaban J connectivity index is 1.68. The number of hydrogen-bond acceptors (Lipinski definition) is 4. The summed E-state index contributed by atoms with van der Waals surface area (Å²) in [4.78, 5) is 12.1. The summed E-state index contributed by atoms with van der Waals surface area (Å²) in [6.45, 7) is 1.33. The van der Waals surface area contributed by atoms with Crippen LogP contribution in [-0.4, -0.2) is 20.7 Å². The van der Waals surface area contributed by atoms with Crippen molar-refractivity contribution in [3.05, 3.63) is 41.5 Å². The highest BCUT2D eigenvalue weighted by atomic mass is 16.1. The molecule has 0 radical (unpaired) electrons. The molecule has 1 aromatic heterocycles. The van der Waals surface area contributed by atoms with Crippen molar-refractivity contribution in [2.24, 2.45) is 0 Å². The van der Waals surface area contributed by atoms with Crippen molar-refractivity contribution in [2.45, 2.75) is 38.8 Å². The number of fused-ring (bicyclic) bond motifs is 1. The predicted octanol–water partition coefficient (Wildman–Crippen LogP) is 1.52. The van der Waals surface area contributed by atoms with E-state index < -0.39 is 0 Å². The van der Waals surface area contributed by atoms with Crippen LogP contribution in [0.2, 0.25) is 0 Å². The zero-order valence-electron chi connectivity index (χ0n) is 11.9. The molecular formula is C15H19N5O. The van der Waals surface area contributed by atoms with Crippen LogP contribution in [0.15, 0.2) is 24.3 Å². The van der Waals surface area contributed by atoms with Crippen molar-refractivity contribution in [1.29, 1.82) is 0 Å². The van der Waals surface area contributed by atoms with Crippen LogP contribution in [-0.2, 0) is 19.5 Å². The van der Waals surface area contributed by atoms with Crippen LogP contribution in [0.25, 0.3) is 0 Å². The number of nitrogens with one attached hydrogen (secondary N) is 1. The van der Waals surface area contributed by atoms with Crippen molar-refractivity contribution in [2.75, 3.05) is 5.73 Å². The summed E-state index contributed by atoms with van der Waals surface area (Å²) >= 11 is 0. The van der Waals surface area contributed by atoms with Gasteiger partial charge in [-0.2, -0.15) is 0 Å². The first-order valence-corrected chi connectivity index (χ1v) is 7.29. The summed E-state index contributed by atoms with van der Waals surface area (Å²) in [5.74, 6) is 1.71. The first-order valence-electron chi connectivity index (χ1n) is 7.29. The molecule has 0 unspecified atom stereocenters. The average Bonchev–Trinajstić information content (AvgIpc) is 2.72. The van der Waals surface area contributed by atoms with E-state index in [2.05, 4.69) is 20.1 Å². The van der Waals surface area contributed by atoms with Gasteiger partial charge in [-0.25, -0.2) is 0 Å². The number of nitrogens with two attached hydrogens (primary N) is 1. The summed E-state index contributed by atoms with van der Waals surface area (Å²) in [5, 5.41) is 11.3. The van der Waals surface area contributed by atoms with Gasteiger partial charge in [0.15, 0.2) is 5.82 Å². The van der Waals surface area contributed by atoms with Gasteiger partial charge in [-0.1, -0.05) is 12.5 Å². The van der Waals surface area contributed by atoms with Gasteiger partial charge in [-0.3, -0.25) is 4.79 Å². The summed E-state index contributed by atoms with van der Waals surface area (Å²) in [6, 6.07) is 6.94. The monoisotopic (exact) mass is 285 g/mol. The molecular weight excluding hydrogens is 266 g/mol. The summed E-state index contributed by atoms with van der Waals surface area (Å²) in [7, 11) is 0. The molecule has 0 aliphatic carbocycles. The third-order valence-corrected chi connectivity index (χ3v) is 3.74. The number of amides is 1. The third-order valence-electron chi connectivity index (χ3n) is 3.74. The molecule has 0 spiro atoms. The van der Waals surface area contributed by atoms with Gasteiger partial charge in [0, 0.05) is 24.2 Å². The molecule has 0 fully saturated rings. The maximum atomic E-state index is 12.1. The lowest BCUT2D eigenvalue weighted by atomic mass is 10.2. The minimum absolute atomic E-state index is 0.145. The number of hydrogen-bond donors (Lipinski definition) is 2. The SMILES string of the molecule is Nc1cccc(C(=O)NCc2nnc3n2CCCCC3)c1. The molecule has 21 heavy (non-hydrogen) atoms. The Hall–Kier alpha value is -2.37. The first kappa shape index (κ1) is 13.6. The van der Waals surface area contributed by atoms with Crippen molar-refractivity contribution >= 4 is 11.6 Å². The van der Waals surface area contributed by atoms with Gasteiger partial charge in [-0.15, -0.1) is 10.2 Å². The lowest BCUT2D eigenvalue weighted by Gasteiger charge is -2.08. The number of rotatable bonds is 3. The van der Waals surface area contributed by atoms with Gasteiger partial charge in [0.05, 0.1) is 6.54 Å². The number of nitrogens with zero attached hydrogens (tertiary/aromatic N) is 3. The van der Waals surface area contributed by atoms with Crippen LogP contribution in [0, 0.1) is 0 Å². The topological polar surface area (TPSA) is 85.8 Å². The number of nitrogen functional groups attached to an aromatic ring is 1. The van der Waals surface area contributed by atoms with E-state index in [1.54, 1.807) is 24.3 Å². The van der Waals surface area contributed by atoms with Crippen molar-refractivity contribution in [3.63, 3.8) is 0 Å². The Morgan fingerprint density at radius 2 is 2.19 bits per heavy atom. The lowest BCUT2D eigenvalue weighted by molar-refractivity contribution is 0.0949. The Bertz CT molecular complexity index is 649. The Morgan fingerprint density at radius 1 is 1.29 bits per heavy atom.